The van der Waals surface area contributed by atoms with Gasteiger partial charge in [-0.2, -0.15) is 0 Å². The summed E-state index contributed by atoms with van der Waals surface area (Å²) in [6, 6.07) is 0. The summed E-state index contributed by atoms with van der Waals surface area (Å²) in [5.74, 6) is 0.861. The highest BCUT2D eigenvalue weighted by atomic mass is 16.5. The van der Waals surface area contributed by atoms with E-state index in [9.17, 15) is 0 Å². The standard InChI is InChI=1S/C10H21O/c1-4-8-11-9-7-10(5-2)6-3/h10H,1,4-9H2,2-3H3. The first-order chi connectivity index (χ1) is 5.35. The van der Waals surface area contributed by atoms with Crippen molar-refractivity contribution in [1.82, 2.24) is 0 Å². The molecule has 1 nitrogen and oxygen atoms in total. The summed E-state index contributed by atoms with van der Waals surface area (Å²) in [5.41, 5.74) is 0. The molecule has 0 fully saturated rings. The molecule has 0 aliphatic rings. The molecule has 0 aromatic carbocycles. The van der Waals surface area contributed by atoms with E-state index in [0.29, 0.717) is 0 Å². The van der Waals surface area contributed by atoms with Gasteiger partial charge in [0.25, 0.3) is 0 Å². The molecule has 0 saturated heterocycles. The van der Waals surface area contributed by atoms with Gasteiger partial charge >= 0.3 is 0 Å². The molecule has 0 atom stereocenters. The van der Waals surface area contributed by atoms with Crippen molar-refractivity contribution >= 4 is 0 Å². The Kier molecular flexibility index (Phi) is 8.03. The molecule has 0 aliphatic heterocycles. The minimum absolute atomic E-state index is 0.820. The van der Waals surface area contributed by atoms with E-state index >= 15 is 0 Å². The highest BCUT2D eigenvalue weighted by Gasteiger charge is 2.01. The van der Waals surface area contributed by atoms with Crippen LogP contribution in [0.1, 0.15) is 39.5 Å². The molecular weight excluding hydrogens is 136 g/mol. The van der Waals surface area contributed by atoms with Gasteiger partial charge in [-0.25, -0.2) is 0 Å². The van der Waals surface area contributed by atoms with Gasteiger partial charge in [-0.15, -0.1) is 0 Å². The van der Waals surface area contributed by atoms with Gasteiger partial charge in [-0.1, -0.05) is 33.6 Å². The van der Waals surface area contributed by atoms with Gasteiger partial charge in [0.2, 0.25) is 0 Å². The Morgan fingerprint density at radius 3 is 2.27 bits per heavy atom. The number of hydrogen-bond acceptors (Lipinski definition) is 1. The van der Waals surface area contributed by atoms with E-state index in [4.69, 9.17) is 4.74 Å². The molecule has 0 saturated carbocycles. The highest BCUT2D eigenvalue weighted by molar-refractivity contribution is 4.53. The Hall–Kier alpha value is -0.0400. The third-order valence-electron chi connectivity index (χ3n) is 2.11. The fourth-order valence-corrected chi connectivity index (χ4v) is 1.15. The van der Waals surface area contributed by atoms with Gasteiger partial charge in [0.1, 0.15) is 0 Å². The van der Waals surface area contributed by atoms with Crippen LogP contribution in [-0.4, -0.2) is 13.2 Å². The monoisotopic (exact) mass is 157 g/mol. The van der Waals surface area contributed by atoms with E-state index in [1.54, 1.807) is 0 Å². The van der Waals surface area contributed by atoms with Crippen molar-refractivity contribution in [3.63, 3.8) is 0 Å². The van der Waals surface area contributed by atoms with Crippen LogP contribution in [-0.2, 0) is 4.74 Å². The van der Waals surface area contributed by atoms with E-state index in [0.717, 1.165) is 25.6 Å². The topological polar surface area (TPSA) is 9.23 Å². The van der Waals surface area contributed by atoms with Crippen LogP contribution in [0.25, 0.3) is 0 Å². The summed E-state index contributed by atoms with van der Waals surface area (Å²) in [6.07, 6.45) is 4.67. The lowest BCUT2D eigenvalue weighted by molar-refractivity contribution is 0.122. The summed E-state index contributed by atoms with van der Waals surface area (Å²) in [7, 11) is 0. The van der Waals surface area contributed by atoms with Crippen molar-refractivity contribution in [2.45, 2.75) is 39.5 Å². The molecule has 0 amide bonds. The Morgan fingerprint density at radius 1 is 1.18 bits per heavy atom. The van der Waals surface area contributed by atoms with E-state index < -0.39 is 0 Å². The van der Waals surface area contributed by atoms with Gasteiger partial charge in [0, 0.05) is 13.2 Å². The first kappa shape index (κ1) is 11.0. The Bertz CT molecular complexity index is 67.3. The zero-order valence-electron chi connectivity index (χ0n) is 7.94. The fraction of sp³-hybridized carbons (Fsp3) is 0.900. The molecule has 67 valence electrons. The second-order valence-corrected chi connectivity index (χ2v) is 2.94. The Balaban J connectivity index is 3.07. The second kappa shape index (κ2) is 8.06. The first-order valence-electron chi connectivity index (χ1n) is 4.72. The normalized spacial score (nSPS) is 10.9. The van der Waals surface area contributed by atoms with E-state index in [1.807, 2.05) is 0 Å². The van der Waals surface area contributed by atoms with Crippen LogP contribution in [0, 0.1) is 12.8 Å². The maximum absolute atomic E-state index is 5.35. The predicted octanol–water partition coefficient (Wildman–Crippen LogP) is 3.05. The van der Waals surface area contributed by atoms with Crippen LogP contribution < -0.4 is 0 Å². The molecule has 0 N–H and O–H groups in total. The minimum atomic E-state index is 0.820. The minimum Gasteiger partial charge on any atom is -0.381 e. The quantitative estimate of drug-likeness (QED) is 0.516. The molecule has 0 aromatic heterocycles. The lowest BCUT2D eigenvalue weighted by atomic mass is 10.0. The summed E-state index contributed by atoms with van der Waals surface area (Å²) in [4.78, 5) is 0. The zero-order chi connectivity index (χ0) is 8.53. The van der Waals surface area contributed by atoms with Crippen molar-refractivity contribution in [1.29, 1.82) is 0 Å². The fourth-order valence-electron chi connectivity index (χ4n) is 1.15. The Labute approximate surface area is 71.1 Å². The van der Waals surface area contributed by atoms with Crippen LogP contribution in [0.5, 0.6) is 0 Å². The first-order valence-corrected chi connectivity index (χ1v) is 4.72. The van der Waals surface area contributed by atoms with Crippen molar-refractivity contribution in [2.75, 3.05) is 13.2 Å². The van der Waals surface area contributed by atoms with Gasteiger partial charge in [-0.3, -0.25) is 0 Å². The van der Waals surface area contributed by atoms with Gasteiger partial charge in [-0.05, 0) is 18.8 Å². The van der Waals surface area contributed by atoms with Crippen molar-refractivity contribution in [3.05, 3.63) is 6.92 Å². The summed E-state index contributed by atoms with van der Waals surface area (Å²) in [6.45, 7) is 9.95. The van der Waals surface area contributed by atoms with Crippen LogP contribution in [0.4, 0.5) is 0 Å². The van der Waals surface area contributed by atoms with Crippen molar-refractivity contribution in [2.24, 2.45) is 5.92 Å². The summed E-state index contributed by atoms with van der Waals surface area (Å²) >= 11 is 0. The van der Waals surface area contributed by atoms with E-state index in [-0.39, 0.29) is 0 Å². The predicted molar refractivity (Wildman–Crippen MR) is 49.5 cm³/mol. The SMILES string of the molecule is [CH2]CCOCCC(CC)CC. The number of hydrogen-bond donors (Lipinski definition) is 0. The van der Waals surface area contributed by atoms with E-state index in [2.05, 4.69) is 20.8 Å². The lowest BCUT2D eigenvalue weighted by Crippen LogP contribution is -2.03. The van der Waals surface area contributed by atoms with Gasteiger partial charge in [0.05, 0.1) is 0 Å². The molecule has 0 unspecified atom stereocenters. The van der Waals surface area contributed by atoms with Crippen LogP contribution in [0.3, 0.4) is 0 Å². The van der Waals surface area contributed by atoms with Crippen LogP contribution in [0.15, 0.2) is 0 Å². The molecule has 11 heavy (non-hydrogen) atoms. The average molecular weight is 157 g/mol. The lowest BCUT2D eigenvalue weighted by Gasteiger charge is -2.11. The third kappa shape index (κ3) is 6.36. The largest absolute Gasteiger partial charge is 0.381 e. The smallest absolute Gasteiger partial charge is 0.0468 e. The van der Waals surface area contributed by atoms with Crippen LogP contribution in [0.2, 0.25) is 0 Å². The third-order valence-corrected chi connectivity index (χ3v) is 2.11. The highest BCUT2D eigenvalue weighted by Crippen LogP contribution is 2.11. The van der Waals surface area contributed by atoms with Crippen molar-refractivity contribution in [3.8, 4) is 0 Å². The molecule has 0 spiro atoms. The second-order valence-electron chi connectivity index (χ2n) is 2.94. The maximum atomic E-state index is 5.35. The molecular formula is C10H21O. The maximum Gasteiger partial charge on any atom is 0.0468 e. The summed E-state index contributed by atoms with van der Waals surface area (Å²) in [5, 5.41) is 0. The zero-order valence-corrected chi connectivity index (χ0v) is 7.94. The molecule has 1 heteroatoms. The summed E-state index contributed by atoms with van der Waals surface area (Å²) < 4.78 is 5.35. The van der Waals surface area contributed by atoms with E-state index in [1.165, 1.54) is 19.3 Å². The molecule has 1 radical (unpaired) electrons. The van der Waals surface area contributed by atoms with Gasteiger partial charge < -0.3 is 4.74 Å². The number of rotatable bonds is 7. The molecule has 0 aromatic rings. The molecule has 0 rings (SSSR count). The molecule has 0 heterocycles. The molecule has 0 bridgehead atoms. The molecule has 0 aliphatic carbocycles. The van der Waals surface area contributed by atoms with Crippen molar-refractivity contribution < 1.29 is 4.74 Å². The number of ether oxygens (including phenoxy) is 1. The Morgan fingerprint density at radius 2 is 1.82 bits per heavy atom. The average Bonchev–Trinajstić information content (AvgIpc) is 2.05. The van der Waals surface area contributed by atoms with Crippen LogP contribution >= 0.6 is 0 Å². The van der Waals surface area contributed by atoms with Gasteiger partial charge in [0.15, 0.2) is 0 Å².